The summed E-state index contributed by atoms with van der Waals surface area (Å²) in [5, 5.41) is 15.8. The van der Waals surface area contributed by atoms with Crippen LogP contribution < -0.4 is 0 Å². The van der Waals surface area contributed by atoms with E-state index in [-0.39, 0.29) is 12.0 Å². The van der Waals surface area contributed by atoms with E-state index in [1.807, 2.05) is 6.92 Å². The molecule has 3 rings (SSSR count). The number of halogens is 2. The molecule has 0 amide bonds. The van der Waals surface area contributed by atoms with Crippen molar-refractivity contribution >= 4 is 28.9 Å². The first-order valence-corrected chi connectivity index (χ1v) is 7.23. The van der Waals surface area contributed by atoms with Crippen LogP contribution in [0, 0.1) is 5.92 Å². The van der Waals surface area contributed by atoms with E-state index in [0.717, 1.165) is 24.1 Å². The molecule has 1 N–H and O–H groups in total. The van der Waals surface area contributed by atoms with Gasteiger partial charge in [0.15, 0.2) is 6.10 Å². The first-order chi connectivity index (χ1) is 9.07. The minimum Gasteiger partial charge on any atom is -0.388 e. The Balaban J connectivity index is 1.98. The van der Waals surface area contributed by atoms with Crippen LogP contribution in [0.2, 0.25) is 10.0 Å². The van der Waals surface area contributed by atoms with Gasteiger partial charge < -0.3 is 9.94 Å². The lowest BCUT2D eigenvalue weighted by Gasteiger charge is -2.25. The minimum absolute atomic E-state index is 0.0716. The van der Waals surface area contributed by atoms with Crippen molar-refractivity contribution in [1.29, 1.82) is 0 Å². The Bertz CT molecular complexity index is 526. The zero-order valence-corrected chi connectivity index (χ0v) is 12.1. The number of benzene rings is 1. The highest BCUT2D eigenvalue weighted by Gasteiger charge is 2.53. The number of nitrogens with zero attached hydrogens (tertiary/aromatic N) is 1. The highest BCUT2D eigenvalue weighted by Crippen LogP contribution is 2.45. The summed E-state index contributed by atoms with van der Waals surface area (Å²) in [5.41, 5.74) is 0.715. The van der Waals surface area contributed by atoms with Crippen molar-refractivity contribution in [2.45, 2.75) is 37.9 Å². The average molecular weight is 300 g/mol. The molecule has 0 unspecified atom stereocenters. The second-order valence-electron chi connectivity index (χ2n) is 5.20. The van der Waals surface area contributed by atoms with Gasteiger partial charge in [-0.2, -0.15) is 0 Å². The summed E-state index contributed by atoms with van der Waals surface area (Å²) >= 11 is 12.4. The maximum absolute atomic E-state index is 10.5. The molecule has 1 aromatic rings. The molecule has 0 spiro atoms. The maximum atomic E-state index is 10.5. The Labute approximate surface area is 122 Å². The predicted molar refractivity (Wildman–Crippen MR) is 75.8 cm³/mol. The average Bonchev–Trinajstić information content (AvgIpc) is 2.93. The topological polar surface area (TPSA) is 41.8 Å². The van der Waals surface area contributed by atoms with E-state index in [0.29, 0.717) is 16.5 Å². The number of rotatable bonds is 2. The molecule has 0 saturated heterocycles. The van der Waals surface area contributed by atoms with E-state index in [2.05, 4.69) is 5.16 Å². The highest BCUT2D eigenvalue weighted by atomic mass is 35.5. The molecule has 1 fully saturated rings. The molecule has 2 aliphatic rings. The summed E-state index contributed by atoms with van der Waals surface area (Å²) in [5.74, 6) is 0.0716. The van der Waals surface area contributed by atoms with Crippen LogP contribution in [0.15, 0.2) is 23.4 Å². The summed E-state index contributed by atoms with van der Waals surface area (Å²) in [6, 6.07) is 5.39. The van der Waals surface area contributed by atoms with Crippen molar-refractivity contribution in [3.05, 3.63) is 33.8 Å². The molecule has 1 saturated carbocycles. The summed E-state index contributed by atoms with van der Waals surface area (Å²) in [6.45, 7) is 1.96. The van der Waals surface area contributed by atoms with E-state index in [4.69, 9.17) is 28.0 Å². The van der Waals surface area contributed by atoms with E-state index in [1.54, 1.807) is 18.2 Å². The summed E-state index contributed by atoms with van der Waals surface area (Å²) in [4.78, 5) is 5.48. The smallest absolute Gasteiger partial charge is 0.164 e. The van der Waals surface area contributed by atoms with Crippen LogP contribution in [-0.4, -0.2) is 22.5 Å². The second-order valence-corrected chi connectivity index (χ2v) is 6.02. The lowest BCUT2D eigenvalue weighted by atomic mass is 9.89. The SMILES string of the molecule is CC[C@@]1(O)CC[C@@H]2C(c3c(Cl)cccc3Cl)=NO[C@@H]21. The van der Waals surface area contributed by atoms with Crippen LogP contribution in [0.3, 0.4) is 0 Å². The monoisotopic (exact) mass is 299 g/mol. The predicted octanol–water partition coefficient (Wildman–Crippen LogP) is 3.65. The Morgan fingerprint density at radius 3 is 2.74 bits per heavy atom. The number of fused-ring (bicyclic) bond motifs is 1. The fraction of sp³-hybridized carbons (Fsp3) is 0.500. The molecule has 0 radical (unpaired) electrons. The fourth-order valence-corrected chi connectivity index (χ4v) is 3.65. The van der Waals surface area contributed by atoms with Crippen molar-refractivity contribution in [1.82, 2.24) is 0 Å². The van der Waals surface area contributed by atoms with Crippen LogP contribution >= 0.6 is 23.2 Å². The van der Waals surface area contributed by atoms with Gasteiger partial charge in [0, 0.05) is 11.5 Å². The maximum Gasteiger partial charge on any atom is 0.164 e. The van der Waals surface area contributed by atoms with Crippen molar-refractivity contribution in [3.8, 4) is 0 Å². The van der Waals surface area contributed by atoms with Gasteiger partial charge in [-0.05, 0) is 31.4 Å². The largest absolute Gasteiger partial charge is 0.388 e. The molecule has 1 aliphatic carbocycles. The highest BCUT2D eigenvalue weighted by molar-refractivity contribution is 6.40. The van der Waals surface area contributed by atoms with Crippen molar-refractivity contribution in [3.63, 3.8) is 0 Å². The number of hydrogen-bond acceptors (Lipinski definition) is 3. The van der Waals surface area contributed by atoms with Gasteiger partial charge in [-0.25, -0.2) is 0 Å². The first-order valence-electron chi connectivity index (χ1n) is 6.47. The zero-order valence-electron chi connectivity index (χ0n) is 10.6. The van der Waals surface area contributed by atoms with Gasteiger partial charge in [0.25, 0.3) is 0 Å². The second kappa shape index (κ2) is 4.65. The number of hydrogen-bond donors (Lipinski definition) is 1. The first kappa shape index (κ1) is 13.2. The molecule has 0 bridgehead atoms. The number of oxime groups is 1. The van der Waals surface area contributed by atoms with Gasteiger partial charge in [0.05, 0.1) is 15.8 Å². The van der Waals surface area contributed by atoms with Crippen LogP contribution in [0.1, 0.15) is 31.7 Å². The van der Waals surface area contributed by atoms with E-state index < -0.39 is 5.60 Å². The Hall–Kier alpha value is -0.770. The molecule has 102 valence electrons. The summed E-state index contributed by atoms with van der Waals surface area (Å²) in [6.07, 6.45) is 1.95. The third-order valence-electron chi connectivity index (χ3n) is 4.23. The Kier molecular flexibility index (Phi) is 3.24. The molecule has 3 nitrogen and oxygen atoms in total. The molecule has 0 aromatic heterocycles. The Morgan fingerprint density at radius 1 is 1.42 bits per heavy atom. The molecular weight excluding hydrogens is 285 g/mol. The summed E-state index contributed by atoms with van der Waals surface area (Å²) < 4.78 is 0. The van der Waals surface area contributed by atoms with Crippen LogP contribution in [-0.2, 0) is 4.84 Å². The van der Waals surface area contributed by atoms with E-state index in [1.165, 1.54) is 0 Å². The van der Waals surface area contributed by atoms with Gasteiger partial charge in [0.2, 0.25) is 0 Å². The standard InChI is InChI=1S/C14H15Cl2NO2/c1-2-14(18)7-6-8-12(17-19-13(8)14)11-9(15)4-3-5-10(11)16/h3-5,8,13,18H,2,6-7H2,1H3/t8-,13+,14-/m1/s1. The van der Waals surface area contributed by atoms with E-state index >= 15 is 0 Å². The minimum atomic E-state index is -0.788. The van der Waals surface area contributed by atoms with Crippen LogP contribution in [0.5, 0.6) is 0 Å². The molecule has 1 aromatic carbocycles. The fourth-order valence-electron chi connectivity index (χ4n) is 3.06. The van der Waals surface area contributed by atoms with Gasteiger partial charge in [-0.3, -0.25) is 0 Å². The van der Waals surface area contributed by atoms with Crippen LogP contribution in [0.4, 0.5) is 0 Å². The van der Waals surface area contributed by atoms with Gasteiger partial charge >= 0.3 is 0 Å². The zero-order chi connectivity index (χ0) is 13.6. The normalized spacial score (nSPS) is 32.9. The van der Waals surface area contributed by atoms with Crippen LogP contribution in [0.25, 0.3) is 0 Å². The third-order valence-corrected chi connectivity index (χ3v) is 4.86. The van der Waals surface area contributed by atoms with Gasteiger partial charge in [-0.1, -0.05) is 41.3 Å². The molecule has 19 heavy (non-hydrogen) atoms. The summed E-state index contributed by atoms with van der Waals surface area (Å²) in [7, 11) is 0. The molecule has 3 atom stereocenters. The molecule has 1 aliphatic heterocycles. The van der Waals surface area contributed by atoms with E-state index in [9.17, 15) is 5.11 Å². The molecule has 1 heterocycles. The third kappa shape index (κ3) is 1.95. The lowest BCUT2D eigenvalue weighted by Crippen LogP contribution is -2.39. The lowest BCUT2D eigenvalue weighted by molar-refractivity contribution is -0.0872. The number of aliphatic hydroxyl groups is 1. The Morgan fingerprint density at radius 2 is 2.11 bits per heavy atom. The van der Waals surface area contributed by atoms with Crippen molar-refractivity contribution in [2.75, 3.05) is 0 Å². The van der Waals surface area contributed by atoms with Gasteiger partial charge in [0.1, 0.15) is 5.60 Å². The van der Waals surface area contributed by atoms with Crippen molar-refractivity contribution in [2.24, 2.45) is 11.1 Å². The molecular formula is C14H15Cl2NO2. The quantitative estimate of drug-likeness (QED) is 0.906. The van der Waals surface area contributed by atoms with Crippen molar-refractivity contribution < 1.29 is 9.94 Å². The van der Waals surface area contributed by atoms with Gasteiger partial charge in [-0.15, -0.1) is 0 Å². The molecule has 5 heteroatoms.